The molecule has 2 heterocycles. The maximum Gasteiger partial charge on any atom is 0.276 e. The average molecular weight is 275 g/mol. The summed E-state index contributed by atoms with van der Waals surface area (Å²) in [6.07, 6.45) is 7.16. The molecule has 1 saturated heterocycles. The lowest BCUT2D eigenvalue weighted by atomic mass is 10.1. The second-order valence-electron chi connectivity index (χ2n) is 4.85. The first-order chi connectivity index (χ1) is 9.76. The maximum atomic E-state index is 12.3. The standard InChI is InChI=1S/C14H21N5O/c1-3-9-18(10-4-2)14(20)13-11-19(17-16-13)12-5-7-15-8-6-12/h3-4,11-12,15H,1-2,5-10H2. The molecule has 0 aromatic carbocycles. The third-order valence-electron chi connectivity index (χ3n) is 3.40. The highest BCUT2D eigenvalue weighted by atomic mass is 16.2. The van der Waals surface area contributed by atoms with Crippen molar-refractivity contribution in [3.63, 3.8) is 0 Å². The molecule has 0 aliphatic carbocycles. The van der Waals surface area contributed by atoms with Gasteiger partial charge < -0.3 is 10.2 Å². The summed E-state index contributed by atoms with van der Waals surface area (Å²) in [6, 6.07) is 0.331. The average Bonchev–Trinajstić information content (AvgIpc) is 2.97. The molecule has 0 bridgehead atoms. The van der Waals surface area contributed by atoms with Crippen molar-refractivity contribution in [1.82, 2.24) is 25.2 Å². The van der Waals surface area contributed by atoms with Crippen molar-refractivity contribution in [2.75, 3.05) is 26.2 Å². The fourth-order valence-corrected chi connectivity index (χ4v) is 2.34. The summed E-state index contributed by atoms with van der Waals surface area (Å²) >= 11 is 0. The van der Waals surface area contributed by atoms with Crippen molar-refractivity contribution in [1.29, 1.82) is 0 Å². The summed E-state index contributed by atoms with van der Waals surface area (Å²) in [4.78, 5) is 14.0. The molecule has 108 valence electrons. The van der Waals surface area contributed by atoms with Crippen molar-refractivity contribution in [2.24, 2.45) is 0 Å². The zero-order valence-electron chi connectivity index (χ0n) is 11.7. The number of hydrogen-bond donors (Lipinski definition) is 1. The van der Waals surface area contributed by atoms with Crippen LogP contribution in [0, 0.1) is 0 Å². The number of amides is 1. The van der Waals surface area contributed by atoms with E-state index in [-0.39, 0.29) is 5.91 Å². The summed E-state index contributed by atoms with van der Waals surface area (Å²) in [5.41, 5.74) is 0.382. The topological polar surface area (TPSA) is 63.1 Å². The van der Waals surface area contributed by atoms with E-state index >= 15 is 0 Å². The molecule has 6 nitrogen and oxygen atoms in total. The maximum absolute atomic E-state index is 12.3. The fraction of sp³-hybridized carbons (Fsp3) is 0.500. The van der Waals surface area contributed by atoms with Crippen molar-refractivity contribution in [3.05, 3.63) is 37.2 Å². The fourth-order valence-electron chi connectivity index (χ4n) is 2.34. The van der Waals surface area contributed by atoms with Crippen LogP contribution in [0.2, 0.25) is 0 Å². The van der Waals surface area contributed by atoms with E-state index in [0.717, 1.165) is 25.9 Å². The Bertz CT molecular complexity index is 466. The lowest BCUT2D eigenvalue weighted by Gasteiger charge is -2.22. The highest BCUT2D eigenvalue weighted by Gasteiger charge is 2.21. The first-order valence-electron chi connectivity index (χ1n) is 6.90. The molecule has 0 atom stereocenters. The molecule has 0 spiro atoms. The minimum absolute atomic E-state index is 0.134. The van der Waals surface area contributed by atoms with Crippen LogP contribution in [0.25, 0.3) is 0 Å². The molecule has 0 radical (unpaired) electrons. The van der Waals surface area contributed by atoms with Crippen LogP contribution in [0.1, 0.15) is 29.4 Å². The van der Waals surface area contributed by atoms with E-state index in [1.54, 1.807) is 23.2 Å². The molecular formula is C14H21N5O. The minimum atomic E-state index is -0.134. The SMILES string of the molecule is C=CCN(CC=C)C(=O)c1cn(C2CCNCC2)nn1. The van der Waals surface area contributed by atoms with E-state index in [0.29, 0.717) is 24.8 Å². The summed E-state index contributed by atoms with van der Waals surface area (Å²) in [7, 11) is 0. The van der Waals surface area contributed by atoms with Gasteiger partial charge in [-0.2, -0.15) is 0 Å². The van der Waals surface area contributed by atoms with E-state index in [9.17, 15) is 4.79 Å². The van der Waals surface area contributed by atoms with Gasteiger partial charge in [-0.3, -0.25) is 4.79 Å². The van der Waals surface area contributed by atoms with Gasteiger partial charge in [-0.15, -0.1) is 18.3 Å². The van der Waals surface area contributed by atoms with E-state index in [1.165, 1.54) is 0 Å². The van der Waals surface area contributed by atoms with Crippen LogP contribution in [0.15, 0.2) is 31.5 Å². The predicted octanol–water partition coefficient (Wildman–Crippen LogP) is 1.02. The number of carbonyl (C=O) groups excluding carboxylic acids is 1. The first kappa shape index (κ1) is 14.5. The highest BCUT2D eigenvalue weighted by molar-refractivity contribution is 5.92. The summed E-state index contributed by atoms with van der Waals surface area (Å²) in [6.45, 7) is 10.2. The van der Waals surface area contributed by atoms with Crippen LogP contribution in [0.3, 0.4) is 0 Å². The summed E-state index contributed by atoms with van der Waals surface area (Å²) in [5.74, 6) is -0.134. The Morgan fingerprint density at radius 2 is 2.05 bits per heavy atom. The van der Waals surface area contributed by atoms with Crippen molar-refractivity contribution in [3.8, 4) is 0 Å². The van der Waals surface area contributed by atoms with Crippen LogP contribution in [0.4, 0.5) is 0 Å². The molecule has 1 N–H and O–H groups in total. The van der Waals surface area contributed by atoms with Crippen molar-refractivity contribution in [2.45, 2.75) is 18.9 Å². The third-order valence-corrected chi connectivity index (χ3v) is 3.40. The van der Waals surface area contributed by atoms with Crippen molar-refractivity contribution < 1.29 is 4.79 Å². The lowest BCUT2D eigenvalue weighted by Crippen LogP contribution is -2.31. The van der Waals surface area contributed by atoms with Crippen LogP contribution >= 0.6 is 0 Å². The van der Waals surface area contributed by atoms with Crippen molar-refractivity contribution >= 4 is 5.91 Å². The molecule has 1 aliphatic rings. The molecule has 0 saturated carbocycles. The third kappa shape index (κ3) is 3.33. The summed E-state index contributed by atoms with van der Waals surface area (Å²) in [5, 5.41) is 11.4. The van der Waals surface area contributed by atoms with Crippen LogP contribution in [-0.2, 0) is 0 Å². The van der Waals surface area contributed by atoms with Gasteiger partial charge in [-0.25, -0.2) is 4.68 Å². The largest absolute Gasteiger partial charge is 0.330 e. The van der Waals surface area contributed by atoms with Gasteiger partial charge in [-0.1, -0.05) is 17.4 Å². The van der Waals surface area contributed by atoms with E-state index < -0.39 is 0 Å². The summed E-state index contributed by atoms with van der Waals surface area (Å²) < 4.78 is 1.81. The Kier molecular flexibility index (Phi) is 5.06. The number of carbonyl (C=O) groups is 1. The molecule has 2 rings (SSSR count). The lowest BCUT2D eigenvalue weighted by molar-refractivity contribution is 0.0785. The van der Waals surface area contributed by atoms with Gasteiger partial charge >= 0.3 is 0 Å². The zero-order chi connectivity index (χ0) is 14.4. The Hall–Kier alpha value is -1.95. The van der Waals surface area contributed by atoms with Crippen LogP contribution in [-0.4, -0.2) is 52.0 Å². The van der Waals surface area contributed by atoms with Crippen LogP contribution in [0.5, 0.6) is 0 Å². The second kappa shape index (κ2) is 7.00. The number of aromatic nitrogens is 3. The van der Waals surface area contributed by atoms with Gasteiger partial charge in [-0.05, 0) is 25.9 Å². The van der Waals surface area contributed by atoms with Crippen LogP contribution < -0.4 is 5.32 Å². The van der Waals surface area contributed by atoms with Gasteiger partial charge in [0.15, 0.2) is 5.69 Å². The number of rotatable bonds is 6. The van der Waals surface area contributed by atoms with Gasteiger partial charge in [0.25, 0.3) is 5.91 Å². The first-order valence-corrected chi connectivity index (χ1v) is 6.90. The Morgan fingerprint density at radius 3 is 2.65 bits per heavy atom. The monoisotopic (exact) mass is 275 g/mol. The number of nitrogens with zero attached hydrogens (tertiary/aromatic N) is 4. The predicted molar refractivity (Wildman–Crippen MR) is 77.5 cm³/mol. The smallest absolute Gasteiger partial charge is 0.276 e. The van der Waals surface area contributed by atoms with E-state index in [4.69, 9.17) is 0 Å². The Balaban J connectivity index is 2.07. The van der Waals surface area contributed by atoms with Gasteiger partial charge in [0.2, 0.25) is 0 Å². The number of nitrogens with one attached hydrogen (secondary N) is 1. The minimum Gasteiger partial charge on any atom is -0.330 e. The molecule has 1 fully saturated rings. The molecule has 1 aromatic heterocycles. The van der Waals surface area contributed by atoms with E-state index in [1.807, 2.05) is 4.68 Å². The number of hydrogen-bond acceptors (Lipinski definition) is 4. The van der Waals surface area contributed by atoms with Gasteiger partial charge in [0, 0.05) is 13.1 Å². The Labute approximate surface area is 119 Å². The molecule has 1 amide bonds. The molecule has 20 heavy (non-hydrogen) atoms. The molecular weight excluding hydrogens is 254 g/mol. The van der Waals surface area contributed by atoms with Gasteiger partial charge in [0.05, 0.1) is 12.2 Å². The highest BCUT2D eigenvalue weighted by Crippen LogP contribution is 2.17. The molecule has 6 heteroatoms. The zero-order valence-corrected chi connectivity index (χ0v) is 11.7. The molecule has 0 unspecified atom stereocenters. The normalized spacial score (nSPS) is 15.8. The molecule has 1 aromatic rings. The quantitative estimate of drug-likeness (QED) is 0.787. The second-order valence-corrected chi connectivity index (χ2v) is 4.85. The molecule has 1 aliphatic heterocycles. The van der Waals surface area contributed by atoms with E-state index in [2.05, 4.69) is 28.8 Å². The Morgan fingerprint density at radius 1 is 1.40 bits per heavy atom. The number of piperidine rings is 1. The van der Waals surface area contributed by atoms with Gasteiger partial charge in [0.1, 0.15) is 0 Å².